The molecule has 0 aliphatic rings. The number of para-hydroxylation sites is 1. The van der Waals surface area contributed by atoms with Crippen molar-refractivity contribution in [2.45, 2.75) is 13.1 Å². The van der Waals surface area contributed by atoms with Crippen LogP contribution in [0.2, 0.25) is 0 Å². The average molecular weight is 379 g/mol. The Morgan fingerprint density at radius 1 is 1.07 bits per heavy atom. The molecule has 8 heteroatoms. The number of rotatable bonds is 3. The lowest BCUT2D eigenvalue weighted by Crippen LogP contribution is -2.41. The Bertz CT molecular complexity index is 1070. The van der Waals surface area contributed by atoms with Crippen LogP contribution in [0.15, 0.2) is 57.7 Å². The minimum Gasteiger partial charge on any atom is -0.422 e. The molecule has 0 radical (unpaired) electrons. The van der Waals surface area contributed by atoms with Gasteiger partial charge in [-0.3, -0.25) is 4.79 Å². The van der Waals surface area contributed by atoms with Gasteiger partial charge in [0, 0.05) is 23.2 Å². The van der Waals surface area contributed by atoms with E-state index in [9.17, 15) is 27.2 Å². The van der Waals surface area contributed by atoms with E-state index in [0.717, 1.165) is 18.2 Å². The number of nitrogens with zero attached hydrogens (tertiary/aromatic N) is 1. The number of alkyl halides is 3. The molecule has 0 saturated carbocycles. The lowest BCUT2D eigenvalue weighted by Gasteiger charge is -2.22. The van der Waals surface area contributed by atoms with E-state index in [1.165, 1.54) is 13.0 Å². The van der Waals surface area contributed by atoms with Crippen molar-refractivity contribution in [1.29, 1.82) is 0 Å². The van der Waals surface area contributed by atoms with Crippen LogP contribution in [-0.2, 0) is 4.79 Å². The SMILES string of the molecule is CCN(C(=O)C(F)(F)F)c1ccc(F)c(-c2cc3ccccc3oc2=O)c1. The van der Waals surface area contributed by atoms with Crippen LogP contribution in [0.5, 0.6) is 0 Å². The highest BCUT2D eigenvalue weighted by Crippen LogP contribution is 2.30. The van der Waals surface area contributed by atoms with Gasteiger partial charge in [0.25, 0.3) is 0 Å². The van der Waals surface area contributed by atoms with Gasteiger partial charge in [0.1, 0.15) is 11.4 Å². The van der Waals surface area contributed by atoms with Crippen molar-refractivity contribution in [2.75, 3.05) is 11.4 Å². The molecule has 3 aromatic rings. The van der Waals surface area contributed by atoms with Crippen LogP contribution >= 0.6 is 0 Å². The molecule has 2 aromatic carbocycles. The summed E-state index contributed by atoms with van der Waals surface area (Å²) in [7, 11) is 0. The van der Waals surface area contributed by atoms with E-state index in [4.69, 9.17) is 4.42 Å². The quantitative estimate of drug-likeness (QED) is 0.497. The molecule has 1 aromatic heterocycles. The van der Waals surface area contributed by atoms with Gasteiger partial charge in [-0.05, 0) is 37.3 Å². The van der Waals surface area contributed by atoms with Crippen LogP contribution in [0.1, 0.15) is 6.92 Å². The van der Waals surface area contributed by atoms with Gasteiger partial charge >= 0.3 is 17.7 Å². The number of benzene rings is 2. The van der Waals surface area contributed by atoms with Crippen LogP contribution in [0.25, 0.3) is 22.1 Å². The van der Waals surface area contributed by atoms with Crippen LogP contribution in [0, 0.1) is 5.82 Å². The van der Waals surface area contributed by atoms with Gasteiger partial charge < -0.3 is 9.32 Å². The lowest BCUT2D eigenvalue weighted by atomic mass is 10.0. The summed E-state index contributed by atoms with van der Waals surface area (Å²) in [4.78, 5) is 24.3. The van der Waals surface area contributed by atoms with Gasteiger partial charge in [-0.15, -0.1) is 0 Å². The molecular formula is C19H13F4NO3. The minimum absolute atomic E-state index is 0.149. The molecule has 27 heavy (non-hydrogen) atoms. The number of carbonyl (C=O) groups is 1. The first-order valence-corrected chi connectivity index (χ1v) is 7.94. The van der Waals surface area contributed by atoms with Crippen molar-refractivity contribution in [3.05, 3.63) is 64.8 Å². The Hall–Kier alpha value is -3.16. The van der Waals surface area contributed by atoms with Gasteiger partial charge in [-0.25, -0.2) is 9.18 Å². The molecular weight excluding hydrogens is 366 g/mol. The van der Waals surface area contributed by atoms with E-state index >= 15 is 0 Å². The largest absolute Gasteiger partial charge is 0.471 e. The summed E-state index contributed by atoms with van der Waals surface area (Å²) in [5.41, 5.74) is -1.12. The molecule has 0 spiro atoms. The van der Waals surface area contributed by atoms with Crippen molar-refractivity contribution in [3.8, 4) is 11.1 Å². The van der Waals surface area contributed by atoms with Gasteiger partial charge in [0.2, 0.25) is 0 Å². The van der Waals surface area contributed by atoms with E-state index in [-0.39, 0.29) is 23.4 Å². The summed E-state index contributed by atoms with van der Waals surface area (Å²) in [6, 6.07) is 11.0. The molecule has 1 amide bonds. The standard InChI is InChI=1S/C19H13F4NO3/c1-2-24(18(26)19(21,22)23)12-7-8-15(20)13(10-12)14-9-11-5-3-4-6-16(11)27-17(14)25/h3-10H,2H2,1H3. The highest BCUT2D eigenvalue weighted by Gasteiger charge is 2.42. The topological polar surface area (TPSA) is 50.5 Å². The zero-order valence-corrected chi connectivity index (χ0v) is 14.0. The molecule has 0 unspecified atom stereocenters. The molecule has 0 saturated heterocycles. The molecule has 0 bridgehead atoms. The van der Waals surface area contributed by atoms with E-state index in [2.05, 4.69) is 0 Å². The van der Waals surface area contributed by atoms with Crippen LogP contribution in [-0.4, -0.2) is 18.6 Å². The minimum atomic E-state index is -5.08. The van der Waals surface area contributed by atoms with Gasteiger partial charge in [-0.2, -0.15) is 13.2 Å². The van der Waals surface area contributed by atoms with Crippen LogP contribution in [0.4, 0.5) is 23.2 Å². The second-order valence-electron chi connectivity index (χ2n) is 5.70. The Morgan fingerprint density at radius 2 is 1.78 bits per heavy atom. The lowest BCUT2D eigenvalue weighted by molar-refractivity contribution is -0.170. The van der Waals surface area contributed by atoms with Gasteiger partial charge in [0.05, 0.1) is 5.56 Å². The number of anilines is 1. The summed E-state index contributed by atoms with van der Waals surface area (Å²) in [5.74, 6) is -2.90. The van der Waals surface area contributed by atoms with Crippen molar-refractivity contribution >= 4 is 22.6 Å². The Morgan fingerprint density at radius 3 is 2.44 bits per heavy atom. The van der Waals surface area contributed by atoms with E-state index in [1.807, 2.05) is 0 Å². The van der Waals surface area contributed by atoms with Crippen LogP contribution < -0.4 is 10.5 Å². The maximum absolute atomic E-state index is 14.3. The van der Waals surface area contributed by atoms with Gasteiger partial charge in [0.15, 0.2) is 0 Å². The highest BCUT2D eigenvalue weighted by molar-refractivity contribution is 5.98. The number of hydrogen-bond acceptors (Lipinski definition) is 3. The van der Waals surface area contributed by atoms with E-state index in [1.54, 1.807) is 24.3 Å². The van der Waals surface area contributed by atoms with Crippen molar-refractivity contribution in [2.24, 2.45) is 0 Å². The smallest absolute Gasteiger partial charge is 0.422 e. The summed E-state index contributed by atoms with van der Waals surface area (Å²) in [5, 5.41) is 0.524. The molecule has 0 atom stereocenters. The first-order valence-electron chi connectivity index (χ1n) is 7.94. The Labute approximate surface area is 150 Å². The molecule has 4 nitrogen and oxygen atoms in total. The number of carbonyl (C=O) groups excluding carboxylic acids is 1. The maximum atomic E-state index is 14.3. The third-order valence-corrected chi connectivity index (χ3v) is 4.00. The third-order valence-electron chi connectivity index (χ3n) is 4.00. The Balaban J connectivity index is 2.15. The third kappa shape index (κ3) is 3.55. The second kappa shape index (κ2) is 6.86. The summed E-state index contributed by atoms with van der Waals surface area (Å²) < 4.78 is 57.8. The zero-order chi connectivity index (χ0) is 19.8. The maximum Gasteiger partial charge on any atom is 0.471 e. The van der Waals surface area contributed by atoms with Crippen molar-refractivity contribution < 1.29 is 26.8 Å². The molecule has 3 rings (SSSR count). The molecule has 0 fully saturated rings. The average Bonchev–Trinajstić information content (AvgIpc) is 2.62. The highest BCUT2D eigenvalue weighted by atomic mass is 19.4. The molecule has 0 N–H and O–H groups in total. The predicted octanol–water partition coefficient (Wildman–Crippen LogP) is 4.51. The first-order chi connectivity index (χ1) is 12.7. The normalized spacial score (nSPS) is 11.6. The number of fused-ring (bicyclic) bond motifs is 1. The molecule has 0 aliphatic heterocycles. The van der Waals surface area contributed by atoms with E-state index in [0.29, 0.717) is 15.9 Å². The molecule has 0 aliphatic carbocycles. The molecule has 140 valence electrons. The monoisotopic (exact) mass is 379 g/mol. The molecule has 1 heterocycles. The summed E-state index contributed by atoms with van der Waals surface area (Å²) in [6.07, 6.45) is -5.08. The Kier molecular flexibility index (Phi) is 4.73. The zero-order valence-electron chi connectivity index (χ0n) is 14.0. The number of halogens is 4. The first kappa shape index (κ1) is 18.6. The van der Waals surface area contributed by atoms with Gasteiger partial charge in [-0.1, -0.05) is 18.2 Å². The number of hydrogen-bond donors (Lipinski definition) is 0. The van der Waals surface area contributed by atoms with Crippen molar-refractivity contribution in [1.82, 2.24) is 0 Å². The fourth-order valence-corrected chi connectivity index (χ4v) is 2.73. The fourth-order valence-electron chi connectivity index (χ4n) is 2.73. The summed E-state index contributed by atoms with van der Waals surface area (Å²) >= 11 is 0. The number of amides is 1. The fraction of sp³-hybridized carbons (Fsp3) is 0.158. The van der Waals surface area contributed by atoms with E-state index < -0.39 is 23.5 Å². The summed E-state index contributed by atoms with van der Waals surface area (Å²) in [6.45, 7) is 1.08. The second-order valence-corrected chi connectivity index (χ2v) is 5.70. The predicted molar refractivity (Wildman–Crippen MR) is 92.0 cm³/mol. The van der Waals surface area contributed by atoms with Crippen LogP contribution in [0.3, 0.4) is 0 Å². The van der Waals surface area contributed by atoms with Crippen molar-refractivity contribution in [3.63, 3.8) is 0 Å².